The molecule has 1 saturated heterocycles. The number of urea groups is 1. The number of methoxy groups -OCH3 is 2. The van der Waals surface area contributed by atoms with Crippen LogP contribution in [0.3, 0.4) is 0 Å². The zero-order valence-corrected chi connectivity index (χ0v) is 23.3. The molecule has 0 spiro atoms. The number of nitrogens with one attached hydrogen (secondary N) is 2. The van der Waals surface area contributed by atoms with Gasteiger partial charge < -0.3 is 29.6 Å². The van der Waals surface area contributed by atoms with Crippen LogP contribution in [0.1, 0.15) is 29.0 Å². The fraction of sp³-hybridized carbons (Fsp3) is 0.367. The van der Waals surface area contributed by atoms with Crippen LogP contribution in [0.4, 0.5) is 10.5 Å². The molecule has 10 heteroatoms. The molecule has 3 atom stereocenters. The summed E-state index contributed by atoms with van der Waals surface area (Å²) in [6, 6.07) is 15.3. The Hall–Kier alpha value is -3.82. The smallest absolute Gasteiger partial charge is 0.315 e. The van der Waals surface area contributed by atoms with Crippen molar-refractivity contribution < 1.29 is 19.1 Å². The lowest BCUT2D eigenvalue weighted by molar-refractivity contribution is -0.118. The summed E-state index contributed by atoms with van der Waals surface area (Å²) in [4.78, 5) is 41.7. The van der Waals surface area contributed by atoms with Gasteiger partial charge in [0.15, 0.2) is 0 Å². The lowest BCUT2D eigenvalue weighted by atomic mass is 9.88. The largest absolute Gasteiger partial charge is 0.497 e. The summed E-state index contributed by atoms with van der Waals surface area (Å²) in [6.07, 6.45) is 3.96. The Bertz CT molecular complexity index is 1440. The fourth-order valence-corrected chi connectivity index (χ4v) is 5.77. The van der Waals surface area contributed by atoms with Crippen molar-refractivity contribution in [2.75, 3.05) is 32.3 Å². The van der Waals surface area contributed by atoms with Gasteiger partial charge in [0.2, 0.25) is 0 Å². The monoisotopic (exact) mass is 564 g/mol. The second kappa shape index (κ2) is 12.1. The van der Waals surface area contributed by atoms with Crippen molar-refractivity contribution >= 4 is 29.2 Å². The number of aryl methyl sites for hydroxylation is 1. The number of hydrogen-bond acceptors (Lipinski definition) is 5. The minimum absolute atomic E-state index is 0.0668. The third-order valence-corrected chi connectivity index (χ3v) is 7.94. The number of fused-ring (bicyclic) bond motifs is 1. The number of benzene rings is 2. The lowest BCUT2D eigenvalue weighted by Gasteiger charge is -2.27. The summed E-state index contributed by atoms with van der Waals surface area (Å²) < 4.78 is 11.9. The molecule has 1 fully saturated rings. The summed E-state index contributed by atoms with van der Waals surface area (Å²) in [7, 11) is 3.16. The summed E-state index contributed by atoms with van der Waals surface area (Å²) in [5.74, 6) is -0.0123. The molecule has 3 aromatic rings. The summed E-state index contributed by atoms with van der Waals surface area (Å²) in [5.41, 5.74) is 3.21. The van der Waals surface area contributed by atoms with Crippen molar-refractivity contribution in [2.45, 2.75) is 43.8 Å². The number of hydrogen-bond donors (Lipinski definition) is 2. The first kappa shape index (κ1) is 27.7. The maximum Gasteiger partial charge on any atom is 0.315 e. The highest BCUT2D eigenvalue weighted by Gasteiger charge is 2.44. The van der Waals surface area contributed by atoms with Crippen LogP contribution >= 0.6 is 11.6 Å². The number of rotatable bonds is 8. The van der Waals surface area contributed by atoms with Crippen molar-refractivity contribution in [2.24, 2.45) is 0 Å². The van der Waals surface area contributed by atoms with Crippen molar-refractivity contribution in [1.82, 2.24) is 15.2 Å². The van der Waals surface area contributed by atoms with Crippen molar-refractivity contribution in [3.8, 4) is 5.75 Å². The average molecular weight is 565 g/mol. The minimum atomic E-state index is -0.852. The van der Waals surface area contributed by atoms with E-state index in [4.69, 9.17) is 21.1 Å². The Labute approximate surface area is 238 Å². The number of aromatic nitrogens is 1. The molecule has 2 heterocycles. The van der Waals surface area contributed by atoms with E-state index >= 15 is 0 Å². The predicted octanol–water partition coefficient (Wildman–Crippen LogP) is 3.51. The summed E-state index contributed by atoms with van der Waals surface area (Å²) in [5, 5.41) is 6.70. The summed E-state index contributed by atoms with van der Waals surface area (Å²) in [6.45, 7) is 0.986. The van der Waals surface area contributed by atoms with E-state index in [0.29, 0.717) is 30.3 Å². The Balaban J connectivity index is 1.37. The Morgan fingerprint density at radius 2 is 1.85 bits per heavy atom. The second-order valence-corrected chi connectivity index (χ2v) is 10.6. The van der Waals surface area contributed by atoms with Crippen LogP contribution in [0.15, 0.2) is 65.6 Å². The normalized spacial score (nSPS) is 20.2. The van der Waals surface area contributed by atoms with E-state index in [0.717, 1.165) is 24.0 Å². The third kappa shape index (κ3) is 5.85. The van der Waals surface area contributed by atoms with Crippen LogP contribution in [-0.4, -0.2) is 56.0 Å². The third-order valence-electron chi connectivity index (χ3n) is 7.70. The number of nitrogens with zero attached hydrogens (tertiary/aromatic N) is 2. The SMILES string of the molecule is COCCn1cccc(N2C[C@@H](c3ccc(OC)cc3)[C@H](NC(=O)NC3CCc4cc(Cl)ccc4C3)C2=O)c1=O. The van der Waals surface area contributed by atoms with Gasteiger partial charge in [-0.15, -0.1) is 0 Å². The highest BCUT2D eigenvalue weighted by atomic mass is 35.5. The maximum atomic E-state index is 13.8. The quantitative estimate of drug-likeness (QED) is 0.436. The molecule has 5 rings (SSSR count). The van der Waals surface area contributed by atoms with Gasteiger partial charge >= 0.3 is 6.03 Å². The standard InChI is InChI=1S/C30H33ClN4O5/c1-39-15-14-34-13-3-4-26(28(34)36)35-18-25(19-7-11-24(40-2)12-8-19)27(29(35)37)33-30(38)32-23-10-6-20-16-22(31)9-5-21(20)17-23/h3-5,7-9,11-13,16,23,25,27H,6,10,14-15,17-18H2,1-2H3,(H2,32,33,38)/t23?,25-,27-/m0/s1. The van der Waals surface area contributed by atoms with Crippen molar-refractivity contribution in [3.05, 3.63) is 92.9 Å². The fourth-order valence-electron chi connectivity index (χ4n) is 5.57. The van der Waals surface area contributed by atoms with Crippen LogP contribution in [0.25, 0.3) is 0 Å². The van der Waals surface area contributed by atoms with Crippen molar-refractivity contribution in [3.63, 3.8) is 0 Å². The number of amides is 3. The molecule has 1 aromatic heterocycles. The molecule has 0 radical (unpaired) electrons. The predicted molar refractivity (Wildman–Crippen MR) is 153 cm³/mol. The van der Waals surface area contributed by atoms with E-state index in [1.165, 1.54) is 15.0 Å². The van der Waals surface area contributed by atoms with E-state index in [-0.39, 0.29) is 35.7 Å². The zero-order valence-electron chi connectivity index (χ0n) is 22.6. The van der Waals surface area contributed by atoms with E-state index in [9.17, 15) is 14.4 Å². The molecule has 40 heavy (non-hydrogen) atoms. The maximum absolute atomic E-state index is 13.8. The second-order valence-electron chi connectivity index (χ2n) is 10.2. The van der Waals surface area contributed by atoms with Gasteiger partial charge in [0, 0.05) is 43.4 Å². The molecule has 2 aromatic carbocycles. The van der Waals surface area contributed by atoms with Gasteiger partial charge in [0.05, 0.1) is 13.7 Å². The molecule has 210 valence electrons. The minimum Gasteiger partial charge on any atom is -0.497 e. The highest BCUT2D eigenvalue weighted by molar-refractivity contribution is 6.30. The van der Waals surface area contributed by atoms with Crippen LogP contribution in [0.5, 0.6) is 5.75 Å². The van der Waals surface area contributed by atoms with Crippen molar-refractivity contribution in [1.29, 1.82) is 0 Å². The van der Waals surface area contributed by atoms with Gasteiger partial charge in [-0.05, 0) is 72.4 Å². The van der Waals surface area contributed by atoms with Gasteiger partial charge in [0.25, 0.3) is 11.5 Å². The number of halogens is 1. The van der Waals surface area contributed by atoms with Crippen LogP contribution in [0, 0.1) is 0 Å². The zero-order chi connectivity index (χ0) is 28.2. The molecule has 2 N–H and O–H groups in total. The molecule has 9 nitrogen and oxygen atoms in total. The van der Waals surface area contributed by atoms with Gasteiger partial charge in [-0.1, -0.05) is 29.8 Å². The van der Waals surface area contributed by atoms with Gasteiger partial charge in [-0.3, -0.25) is 9.59 Å². The molecular formula is C30H33ClN4O5. The Kier molecular flexibility index (Phi) is 8.42. The first-order chi connectivity index (χ1) is 19.4. The highest BCUT2D eigenvalue weighted by Crippen LogP contribution is 2.32. The molecule has 0 saturated carbocycles. The molecule has 0 bridgehead atoms. The molecule has 1 aliphatic carbocycles. The van der Waals surface area contributed by atoms with Gasteiger partial charge in [-0.2, -0.15) is 0 Å². The molecule has 1 unspecified atom stereocenters. The topological polar surface area (TPSA) is 102 Å². The van der Waals surface area contributed by atoms with Crippen LogP contribution in [0.2, 0.25) is 5.02 Å². The molecular weight excluding hydrogens is 532 g/mol. The number of pyridine rings is 1. The first-order valence-corrected chi connectivity index (χ1v) is 13.7. The van der Waals surface area contributed by atoms with Gasteiger partial charge in [-0.25, -0.2) is 4.79 Å². The van der Waals surface area contributed by atoms with E-state index in [1.54, 1.807) is 32.5 Å². The van der Waals surface area contributed by atoms with Crippen LogP contribution in [-0.2, 0) is 28.9 Å². The van der Waals surface area contributed by atoms with E-state index in [2.05, 4.69) is 10.6 Å². The molecule has 1 aliphatic heterocycles. The number of anilines is 1. The number of carbonyl (C=O) groups is 2. The van der Waals surface area contributed by atoms with Crippen LogP contribution < -0.4 is 25.8 Å². The number of ether oxygens (including phenoxy) is 2. The summed E-state index contributed by atoms with van der Waals surface area (Å²) >= 11 is 6.13. The number of carbonyl (C=O) groups excluding carboxylic acids is 2. The van der Waals surface area contributed by atoms with E-state index < -0.39 is 12.1 Å². The van der Waals surface area contributed by atoms with Gasteiger partial charge in [0.1, 0.15) is 17.5 Å². The molecule has 3 amide bonds. The van der Waals surface area contributed by atoms with E-state index in [1.807, 2.05) is 42.5 Å². The average Bonchev–Trinajstić information content (AvgIpc) is 3.27. The first-order valence-electron chi connectivity index (χ1n) is 13.4. The Morgan fingerprint density at radius 1 is 1.05 bits per heavy atom. The Morgan fingerprint density at radius 3 is 2.60 bits per heavy atom. The molecule has 2 aliphatic rings. The lowest BCUT2D eigenvalue weighted by Crippen LogP contribution is -2.51.